The van der Waals surface area contributed by atoms with E-state index in [1.807, 2.05) is 6.08 Å². The van der Waals surface area contributed by atoms with E-state index in [0.29, 0.717) is 19.3 Å². The van der Waals surface area contributed by atoms with Gasteiger partial charge >= 0.3 is 17.9 Å². The number of rotatable bonds is 44. The summed E-state index contributed by atoms with van der Waals surface area (Å²) >= 11 is 0. The topological polar surface area (TPSA) is 78.9 Å². The zero-order valence-electron chi connectivity index (χ0n) is 41.0. The predicted octanol–water partition coefficient (Wildman–Crippen LogP) is 16.9. The summed E-state index contributed by atoms with van der Waals surface area (Å²) in [5.74, 6) is -1.10. The van der Waals surface area contributed by atoms with Crippen LogP contribution in [0.4, 0.5) is 0 Å². The molecule has 360 valence electrons. The molecule has 0 saturated heterocycles. The first-order valence-corrected chi connectivity index (χ1v) is 25.5. The molecule has 0 fully saturated rings. The normalized spacial score (nSPS) is 13.1. The van der Waals surface area contributed by atoms with Gasteiger partial charge < -0.3 is 14.2 Å². The SMILES string of the molecule is CC/C=C/C/C=C/C/C=C/C/C=C/CCCCCC(=O)OC(COC(=O)CC/C=C/C/C=C/CCCCCCCC)COC(=O)CCC/C=C/C/C=C/C/C=C/C/C=C/CCCCC. The van der Waals surface area contributed by atoms with E-state index < -0.39 is 6.10 Å². The minimum Gasteiger partial charge on any atom is -0.462 e. The van der Waals surface area contributed by atoms with Crippen molar-refractivity contribution in [3.8, 4) is 0 Å². The molecule has 0 saturated carbocycles. The second kappa shape index (κ2) is 51.4. The highest BCUT2D eigenvalue weighted by molar-refractivity contribution is 5.71. The maximum absolute atomic E-state index is 12.8. The maximum Gasteiger partial charge on any atom is 0.306 e. The molecule has 1 atom stereocenters. The van der Waals surface area contributed by atoms with E-state index in [1.54, 1.807) is 0 Å². The van der Waals surface area contributed by atoms with Crippen molar-refractivity contribution in [2.24, 2.45) is 0 Å². The first-order chi connectivity index (χ1) is 31.5. The smallest absolute Gasteiger partial charge is 0.306 e. The molecule has 64 heavy (non-hydrogen) atoms. The van der Waals surface area contributed by atoms with Crippen LogP contribution in [0.3, 0.4) is 0 Å². The number of hydrogen-bond acceptors (Lipinski definition) is 6. The Kier molecular flexibility index (Phi) is 48.1. The van der Waals surface area contributed by atoms with Gasteiger partial charge in [-0.2, -0.15) is 0 Å². The standard InChI is InChI=1S/C58H92O6/c1-4-7-10-13-16-19-22-25-27-29-31-33-36-39-42-45-48-51-57(60)63-54-55(53-62-56(59)50-47-44-41-38-35-32-24-21-18-15-12-9-6-3)64-58(61)52-49-46-43-40-37-34-30-28-26-23-20-17-14-11-8-5-2/h8,11,16-17,19-20,25-28,31-35,37,39,41-42,44,55H,4-7,9-10,12-15,18,21-24,29-30,36,38,40,43,45-54H2,1-3H3/b11-8+,19-16+,20-17+,27-25+,28-26+,33-31+,35-32+,37-34+,42-39+,44-41+. The Balaban J connectivity index is 4.62. The van der Waals surface area contributed by atoms with Crippen molar-refractivity contribution in [3.05, 3.63) is 122 Å². The van der Waals surface area contributed by atoms with Crippen molar-refractivity contribution in [2.45, 2.75) is 213 Å². The number of carbonyl (C=O) groups is 3. The molecule has 0 N–H and O–H groups in total. The number of esters is 3. The fourth-order valence-electron chi connectivity index (χ4n) is 6.36. The van der Waals surface area contributed by atoms with Gasteiger partial charge in [-0.3, -0.25) is 14.4 Å². The molecule has 1 unspecified atom stereocenters. The third kappa shape index (κ3) is 48.8. The van der Waals surface area contributed by atoms with Gasteiger partial charge in [0.15, 0.2) is 6.10 Å². The molecule has 0 amide bonds. The van der Waals surface area contributed by atoms with Crippen LogP contribution >= 0.6 is 0 Å². The van der Waals surface area contributed by atoms with Gasteiger partial charge in [0.05, 0.1) is 0 Å². The van der Waals surface area contributed by atoms with Crippen LogP contribution in [0.15, 0.2) is 122 Å². The Bertz CT molecular complexity index is 1390. The average Bonchev–Trinajstić information content (AvgIpc) is 3.29. The van der Waals surface area contributed by atoms with Crippen LogP contribution < -0.4 is 0 Å². The second-order valence-electron chi connectivity index (χ2n) is 16.3. The van der Waals surface area contributed by atoms with Gasteiger partial charge in [0.1, 0.15) is 13.2 Å². The lowest BCUT2D eigenvalue weighted by molar-refractivity contribution is -0.166. The van der Waals surface area contributed by atoms with Gasteiger partial charge in [0.2, 0.25) is 0 Å². The minimum absolute atomic E-state index is 0.140. The van der Waals surface area contributed by atoms with Crippen LogP contribution in [-0.4, -0.2) is 37.2 Å². The van der Waals surface area contributed by atoms with Crippen LogP contribution in [-0.2, 0) is 28.6 Å². The summed E-state index contributed by atoms with van der Waals surface area (Å²) in [5.41, 5.74) is 0. The van der Waals surface area contributed by atoms with Crippen LogP contribution in [0.2, 0.25) is 0 Å². The lowest BCUT2D eigenvalue weighted by Gasteiger charge is -2.18. The molecule has 0 radical (unpaired) electrons. The van der Waals surface area contributed by atoms with Crippen molar-refractivity contribution in [1.82, 2.24) is 0 Å². The first kappa shape index (κ1) is 59.8. The van der Waals surface area contributed by atoms with E-state index in [0.717, 1.165) is 83.5 Å². The molecule has 0 aliphatic heterocycles. The van der Waals surface area contributed by atoms with Crippen molar-refractivity contribution in [1.29, 1.82) is 0 Å². The van der Waals surface area contributed by atoms with E-state index in [4.69, 9.17) is 14.2 Å². The molecule has 0 aromatic heterocycles. The van der Waals surface area contributed by atoms with Crippen molar-refractivity contribution in [3.63, 3.8) is 0 Å². The highest BCUT2D eigenvalue weighted by Crippen LogP contribution is 2.10. The zero-order valence-corrected chi connectivity index (χ0v) is 41.0. The van der Waals surface area contributed by atoms with Gasteiger partial charge in [-0.25, -0.2) is 0 Å². The van der Waals surface area contributed by atoms with Crippen LogP contribution in [0.25, 0.3) is 0 Å². The molecule has 0 aromatic rings. The quantitative estimate of drug-likeness (QED) is 0.0262. The first-order valence-electron chi connectivity index (χ1n) is 25.5. The zero-order chi connectivity index (χ0) is 46.5. The van der Waals surface area contributed by atoms with Gasteiger partial charge in [0.25, 0.3) is 0 Å². The molecule has 6 nitrogen and oxygen atoms in total. The molecule has 0 bridgehead atoms. The summed E-state index contributed by atoms with van der Waals surface area (Å²) in [4.78, 5) is 37.9. The number of carbonyl (C=O) groups excluding carboxylic acids is 3. The Morgan fingerprint density at radius 1 is 0.328 bits per heavy atom. The molecule has 0 spiro atoms. The molecule has 0 heterocycles. The fraction of sp³-hybridized carbons (Fsp3) is 0.603. The molecule has 0 aliphatic carbocycles. The predicted molar refractivity (Wildman–Crippen MR) is 274 cm³/mol. The Hall–Kier alpha value is -4.19. The van der Waals surface area contributed by atoms with E-state index in [9.17, 15) is 14.4 Å². The lowest BCUT2D eigenvalue weighted by Crippen LogP contribution is -2.30. The van der Waals surface area contributed by atoms with E-state index >= 15 is 0 Å². The molecule has 0 rings (SSSR count). The summed E-state index contributed by atoms with van der Waals surface area (Å²) in [5, 5.41) is 0. The second-order valence-corrected chi connectivity index (χ2v) is 16.3. The Morgan fingerprint density at radius 2 is 0.656 bits per heavy atom. The largest absolute Gasteiger partial charge is 0.462 e. The van der Waals surface area contributed by atoms with Crippen molar-refractivity contribution < 1.29 is 28.6 Å². The maximum atomic E-state index is 12.8. The number of allylic oxidation sites excluding steroid dienone is 20. The summed E-state index contributed by atoms with van der Waals surface area (Å²) in [7, 11) is 0. The third-order valence-electron chi connectivity index (χ3n) is 10.2. The summed E-state index contributed by atoms with van der Waals surface area (Å²) < 4.78 is 16.6. The molecule has 6 heteroatoms. The van der Waals surface area contributed by atoms with E-state index in [-0.39, 0.29) is 50.4 Å². The monoisotopic (exact) mass is 885 g/mol. The Labute approximate surface area is 392 Å². The summed E-state index contributed by atoms with van der Waals surface area (Å²) in [6, 6.07) is 0. The minimum atomic E-state index is -0.842. The van der Waals surface area contributed by atoms with E-state index in [1.165, 1.54) is 64.2 Å². The Morgan fingerprint density at radius 3 is 1.12 bits per heavy atom. The molecular weight excluding hydrogens is 793 g/mol. The van der Waals surface area contributed by atoms with Gasteiger partial charge in [-0.05, 0) is 116 Å². The fourth-order valence-corrected chi connectivity index (χ4v) is 6.36. The lowest BCUT2D eigenvalue weighted by atomic mass is 10.1. The van der Waals surface area contributed by atoms with Crippen LogP contribution in [0.5, 0.6) is 0 Å². The highest BCUT2D eigenvalue weighted by atomic mass is 16.6. The summed E-state index contributed by atoms with van der Waals surface area (Å²) in [6.45, 7) is 6.34. The van der Waals surface area contributed by atoms with Crippen molar-refractivity contribution in [2.75, 3.05) is 13.2 Å². The van der Waals surface area contributed by atoms with Crippen molar-refractivity contribution >= 4 is 17.9 Å². The molecule has 0 aliphatic rings. The molecule has 0 aromatic carbocycles. The number of unbranched alkanes of at least 4 members (excludes halogenated alkanes) is 13. The highest BCUT2D eigenvalue weighted by Gasteiger charge is 2.19. The number of hydrogen-bond donors (Lipinski definition) is 0. The van der Waals surface area contributed by atoms with Gasteiger partial charge in [-0.1, -0.05) is 194 Å². The van der Waals surface area contributed by atoms with Crippen LogP contribution in [0.1, 0.15) is 207 Å². The van der Waals surface area contributed by atoms with E-state index in [2.05, 4.69) is 136 Å². The number of ether oxygens (including phenoxy) is 3. The van der Waals surface area contributed by atoms with Gasteiger partial charge in [0, 0.05) is 19.3 Å². The van der Waals surface area contributed by atoms with Crippen LogP contribution in [0, 0.1) is 0 Å². The van der Waals surface area contributed by atoms with Gasteiger partial charge in [-0.15, -0.1) is 0 Å². The third-order valence-corrected chi connectivity index (χ3v) is 10.2. The summed E-state index contributed by atoms with van der Waals surface area (Å²) in [6.07, 6.45) is 70.6. The average molecular weight is 885 g/mol. The molecular formula is C58H92O6.